The van der Waals surface area contributed by atoms with E-state index in [-0.39, 0.29) is 23.1 Å². The topological polar surface area (TPSA) is 105 Å². The molecular formula is C20H23N3O5S. The average molecular weight is 417 g/mol. The van der Waals surface area contributed by atoms with E-state index in [9.17, 15) is 18.0 Å². The van der Waals surface area contributed by atoms with Crippen molar-refractivity contribution in [3.63, 3.8) is 0 Å². The van der Waals surface area contributed by atoms with Crippen molar-refractivity contribution >= 4 is 27.5 Å². The molecule has 0 radical (unpaired) electrons. The first-order valence-corrected chi connectivity index (χ1v) is 10.6. The van der Waals surface area contributed by atoms with Gasteiger partial charge in [-0.15, -0.1) is 0 Å². The first kappa shape index (κ1) is 21.0. The van der Waals surface area contributed by atoms with Gasteiger partial charge < -0.3 is 15.4 Å². The number of carbonyl (C=O) groups is 2. The van der Waals surface area contributed by atoms with E-state index in [0.717, 1.165) is 5.56 Å². The minimum Gasteiger partial charge on any atom is -0.379 e. The molecule has 29 heavy (non-hydrogen) atoms. The fraction of sp³-hybridized carbons (Fsp3) is 0.300. The third-order valence-electron chi connectivity index (χ3n) is 4.58. The van der Waals surface area contributed by atoms with Crippen molar-refractivity contribution in [1.82, 2.24) is 9.62 Å². The Hall–Kier alpha value is -2.75. The highest BCUT2D eigenvalue weighted by atomic mass is 32.2. The average Bonchev–Trinajstić information content (AvgIpc) is 2.75. The van der Waals surface area contributed by atoms with Crippen LogP contribution in [-0.2, 0) is 26.0 Å². The lowest BCUT2D eigenvalue weighted by Crippen LogP contribution is -2.40. The second kappa shape index (κ2) is 9.17. The number of rotatable bonds is 6. The lowest BCUT2D eigenvalue weighted by molar-refractivity contribution is -0.119. The lowest BCUT2D eigenvalue weighted by Gasteiger charge is -2.26. The van der Waals surface area contributed by atoms with Crippen molar-refractivity contribution in [2.75, 3.05) is 38.7 Å². The van der Waals surface area contributed by atoms with Gasteiger partial charge in [-0.2, -0.15) is 4.31 Å². The van der Waals surface area contributed by atoms with Gasteiger partial charge in [-0.05, 0) is 42.0 Å². The Kier molecular flexibility index (Phi) is 6.63. The molecule has 9 heteroatoms. The molecule has 3 rings (SSSR count). The Labute approximate surface area is 169 Å². The van der Waals surface area contributed by atoms with Crippen LogP contribution in [0.5, 0.6) is 0 Å². The molecule has 2 aromatic carbocycles. The minimum atomic E-state index is -3.59. The van der Waals surface area contributed by atoms with Gasteiger partial charge in [0.25, 0.3) is 5.91 Å². The number of amides is 2. The lowest BCUT2D eigenvalue weighted by atomic mass is 10.1. The molecule has 0 unspecified atom stereocenters. The molecule has 154 valence electrons. The molecule has 0 atom stereocenters. The summed E-state index contributed by atoms with van der Waals surface area (Å²) >= 11 is 0. The Balaban J connectivity index is 1.65. The Bertz CT molecular complexity index is 966. The van der Waals surface area contributed by atoms with Gasteiger partial charge in [0.2, 0.25) is 15.9 Å². The molecule has 0 bridgehead atoms. The molecule has 1 fully saturated rings. The SMILES string of the molecule is CNC(=O)Cc1ccc(NC(=O)c2ccc(S(=O)(=O)N3CCOCC3)cc2)cc1. The number of hydrogen-bond donors (Lipinski definition) is 2. The molecule has 0 aromatic heterocycles. The van der Waals surface area contributed by atoms with Gasteiger partial charge >= 0.3 is 0 Å². The maximum atomic E-state index is 12.6. The fourth-order valence-corrected chi connectivity index (χ4v) is 4.31. The molecule has 1 aliphatic heterocycles. The summed E-state index contributed by atoms with van der Waals surface area (Å²) in [4.78, 5) is 24.0. The van der Waals surface area contributed by atoms with Gasteiger partial charge in [0.15, 0.2) is 0 Å². The van der Waals surface area contributed by atoms with Crippen LogP contribution in [0.15, 0.2) is 53.4 Å². The maximum Gasteiger partial charge on any atom is 0.255 e. The van der Waals surface area contributed by atoms with Crippen LogP contribution in [-0.4, -0.2) is 57.9 Å². The van der Waals surface area contributed by atoms with Crippen LogP contribution in [0.3, 0.4) is 0 Å². The zero-order valence-corrected chi connectivity index (χ0v) is 16.9. The van der Waals surface area contributed by atoms with E-state index in [4.69, 9.17) is 4.74 Å². The van der Waals surface area contributed by atoms with Crippen molar-refractivity contribution in [2.24, 2.45) is 0 Å². The minimum absolute atomic E-state index is 0.0890. The summed E-state index contributed by atoms with van der Waals surface area (Å²) in [5, 5.41) is 5.32. The van der Waals surface area contributed by atoms with Crippen molar-refractivity contribution in [3.8, 4) is 0 Å². The zero-order valence-electron chi connectivity index (χ0n) is 16.1. The van der Waals surface area contributed by atoms with Crippen LogP contribution in [0.1, 0.15) is 15.9 Å². The third kappa shape index (κ3) is 5.20. The Morgan fingerprint density at radius 2 is 1.62 bits per heavy atom. The van der Waals surface area contributed by atoms with E-state index in [1.54, 1.807) is 31.3 Å². The van der Waals surface area contributed by atoms with Crippen molar-refractivity contribution < 1.29 is 22.7 Å². The predicted octanol–water partition coefficient (Wildman–Crippen LogP) is 1.25. The smallest absolute Gasteiger partial charge is 0.255 e. The summed E-state index contributed by atoms with van der Waals surface area (Å²) in [6.45, 7) is 1.39. The standard InChI is InChI=1S/C20H23N3O5S/c1-21-19(24)14-15-2-6-17(7-3-15)22-20(25)16-4-8-18(9-5-16)29(26,27)23-10-12-28-13-11-23/h2-9H,10-14H2,1H3,(H,21,24)(H,22,25). The van der Waals surface area contributed by atoms with Crippen LogP contribution >= 0.6 is 0 Å². The van der Waals surface area contributed by atoms with Gasteiger partial charge in [0.1, 0.15) is 0 Å². The highest BCUT2D eigenvalue weighted by Gasteiger charge is 2.26. The first-order chi connectivity index (χ1) is 13.9. The van der Waals surface area contributed by atoms with Crippen LogP contribution in [0.4, 0.5) is 5.69 Å². The summed E-state index contributed by atoms with van der Waals surface area (Å²) < 4.78 is 31.8. The molecule has 8 nitrogen and oxygen atoms in total. The molecule has 1 aliphatic rings. The molecule has 2 amide bonds. The molecule has 0 spiro atoms. The number of likely N-dealkylation sites (N-methyl/N-ethyl adjacent to an activating group) is 1. The quantitative estimate of drug-likeness (QED) is 0.736. The number of ether oxygens (including phenoxy) is 1. The number of benzene rings is 2. The predicted molar refractivity (Wildman–Crippen MR) is 108 cm³/mol. The molecule has 2 N–H and O–H groups in total. The van der Waals surface area contributed by atoms with E-state index in [1.807, 2.05) is 0 Å². The van der Waals surface area contributed by atoms with Crippen LogP contribution in [0, 0.1) is 0 Å². The van der Waals surface area contributed by atoms with E-state index in [1.165, 1.54) is 28.6 Å². The second-order valence-electron chi connectivity index (χ2n) is 6.54. The van der Waals surface area contributed by atoms with E-state index in [2.05, 4.69) is 10.6 Å². The van der Waals surface area contributed by atoms with Crippen molar-refractivity contribution in [3.05, 3.63) is 59.7 Å². The second-order valence-corrected chi connectivity index (χ2v) is 8.48. The normalized spacial score (nSPS) is 14.9. The van der Waals surface area contributed by atoms with Gasteiger partial charge in [-0.1, -0.05) is 12.1 Å². The third-order valence-corrected chi connectivity index (χ3v) is 6.49. The molecule has 1 heterocycles. The molecule has 0 saturated carbocycles. The van der Waals surface area contributed by atoms with E-state index < -0.39 is 10.0 Å². The van der Waals surface area contributed by atoms with Gasteiger partial charge in [0.05, 0.1) is 24.5 Å². The summed E-state index contributed by atoms with van der Waals surface area (Å²) in [5.41, 5.74) is 1.76. The molecule has 1 saturated heterocycles. The summed E-state index contributed by atoms with van der Waals surface area (Å²) in [6.07, 6.45) is 0.268. The summed E-state index contributed by atoms with van der Waals surface area (Å²) in [7, 11) is -2.01. The number of hydrogen-bond acceptors (Lipinski definition) is 5. The number of nitrogens with zero attached hydrogens (tertiary/aromatic N) is 1. The van der Waals surface area contributed by atoms with Crippen molar-refractivity contribution in [1.29, 1.82) is 0 Å². The Morgan fingerprint density at radius 3 is 2.21 bits per heavy atom. The maximum absolute atomic E-state index is 12.6. The largest absolute Gasteiger partial charge is 0.379 e. The van der Waals surface area contributed by atoms with E-state index >= 15 is 0 Å². The van der Waals surface area contributed by atoms with Crippen LogP contribution in [0.25, 0.3) is 0 Å². The number of carbonyl (C=O) groups excluding carboxylic acids is 2. The number of sulfonamides is 1. The highest BCUT2D eigenvalue weighted by Crippen LogP contribution is 2.18. The fourth-order valence-electron chi connectivity index (χ4n) is 2.90. The first-order valence-electron chi connectivity index (χ1n) is 9.19. The van der Waals surface area contributed by atoms with Crippen LogP contribution < -0.4 is 10.6 Å². The Morgan fingerprint density at radius 1 is 1.00 bits per heavy atom. The number of nitrogens with one attached hydrogen (secondary N) is 2. The highest BCUT2D eigenvalue weighted by molar-refractivity contribution is 7.89. The van der Waals surface area contributed by atoms with Crippen molar-refractivity contribution in [2.45, 2.75) is 11.3 Å². The van der Waals surface area contributed by atoms with Gasteiger partial charge in [-0.3, -0.25) is 9.59 Å². The monoisotopic (exact) mass is 417 g/mol. The number of anilines is 1. The summed E-state index contributed by atoms with van der Waals surface area (Å²) in [5.74, 6) is -0.437. The molecule has 2 aromatic rings. The van der Waals surface area contributed by atoms with Gasteiger partial charge in [-0.25, -0.2) is 8.42 Å². The van der Waals surface area contributed by atoms with E-state index in [0.29, 0.717) is 37.6 Å². The number of morpholine rings is 1. The molecular weight excluding hydrogens is 394 g/mol. The zero-order chi connectivity index (χ0) is 20.9. The summed E-state index contributed by atoms with van der Waals surface area (Å²) in [6, 6.07) is 12.8. The van der Waals surface area contributed by atoms with Gasteiger partial charge in [0, 0.05) is 31.4 Å². The molecule has 0 aliphatic carbocycles. The van der Waals surface area contributed by atoms with Crippen LogP contribution in [0.2, 0.25) is 0 Å².